The van der Waals surface area contributed by atoms with Gasteiger partial charge in [-0.2, -0.15) is 0 Å². The van der Waals surface area contributed by atoms with Crippen LogP contribution in [0.4, 0.5) is 5.69 Å². The van der Waals surface area contributed by atoms with Gasteiger partial charge in [0.15, 0.2) is 11.5 Å². The molecule has 0 saturated carbocycles. The first kappa shape index (κ1) is 16.3. The molecule has 1 aromatic heterocycles. The number of hydrogen-bond donors (Lipinski definition) is 2. The molecular weight excluding hydrogens is 328 g/mol. The van der Waals surface area contributed by atoms with Gasteiger partial charge in [-0.05, 0) is 30.0 Å². The van der Waals surface area contributed by atoms with Gasteiger partial charge in [-0.3, -0.25) is 9.59 Å². The zero-order valence-electron chi connectivity index (χ0n) is 13.0. The van der Waals surface area contributed by atoms with E-state index in [0.29, 0.717) is 54.7 Å². The zero-order valence-corrected chi connectivity index (χ0v) is 13.9. The van der Waals surface area contributed by atoms with Crippen LogP contribution in [0.25, 0.3) is 0 Å². The molecule has 2 N–H and O–H groups in total. The minimum atomic E-state index is -0.1000. The number of nitrogens with one attached hydrogen (secondary N) is 2. The number of ether oxygens (including phenoxy) is 2. The Hall–Kier alpha value is -2.54. The van der Waals surface area contributed by atoms with Crippen molar-refractivity contribution in [2.75, 3.05) is 25.1 Å². The van der Waals surface area contributed by atoms with E-state index in [1.807, 2.05) is 11.4 Å². The molecule has 0 unspecified atom stereocenters. The molecule has 0 aliphatic carbocycles. The van der Waals surface area contributed by atoms with Crippen LogP contribution in [0.1, 0.15) is 22.5 Å². The predicted molar refractivity (Wildman–Crippen MR) is 91.9 cm³/mol. The number of fused-ring (bicyclic) bond motifs is 1. The van der Waals surface area contributed by atoms with E-state index in [-0.39, 0.29) is 11.8 Å². The summed E-state index contributed by atoms with van der Waals surface area (Å²) in [5, 5.41) is 7.48. The smallest absolute Gasteiger partial charge is 0.261 e. The molecule has 2 heterocycles. The highest BCUT2D eigenvalue weighted by Crippen LogP contribution is 2.32. The second-order valence-electron chi connectivity index (χ2n) is 5.24. The third kappa shape index (κ3) is 4.26. The van der Waals surface area contributed by atoms with Gasteiger partial charge >= 0.3 is 0 Å². The first-order valence-corrected chi connectivity index (χ1v) is 8.61. The average Bonchev–Trinajstić information content (AvgIpc) is 3.13. The van der Waals surface area contributed by atoms with Gasteiger partial charge in [-0.1, -0.05) is 6.07 Å². The topological polar surface area (TPSA) is 76.7 Å². The monoisotopic (exact) mass is 346 g/mol. The Morgan fingerprint density at radius 2 is 1.96 bits per heavy atom. The molecule has 0 saturated heterocycles. The molecular formula is C17H18N2O4S. The van der Waals surface area contributed by atoms with Gasteiger partial charge in [0, 0.05) is 24.7 Å². The van der Waals surface area contributed by atoms with E-state index < -0.39 is 0 Å². The van der Waals surface area contributed by atoms with E-state index in [0.717, 1.165) is 0 Å². The van der Waals surface area contributed by atoms with Crippen LogP contribution in [0.5, 0.6) is 11.5 Å². The van der Waals surface area contributed by atoms with Crippen molar-refractivity contribution < 1.29 is 19.1 Å². The molecule has 7 heteroatoms. The lowest BCUT2D eigenvalue weighted by Crippen LogP contribution is -2.24. The van der Waals surface area contributed by atoms with Gasteiger partial charge in [-0.15, -0.1) is 11.3 Å². The number of carbonyl (C=O) groups excluding carboxylic acids is 2. The second kappa shape index (κ2) is 7.83. The molecule has 3 rings (SSSR count). The molecule has 0 spiro atoms. The van der Waals surface area contributed by atoms with Gasteiger partial charge in [0.2, 0.25) is 5.91 Å². The molecule has 126 valence electrons. The molecule has 0 bridgehead atoms. The summed E-state index contributed by atoms with van der Waals surface area (Å²) in [6.07, 6.45) is 0.909. The Bertz CT molecular complexity index is 715. The summed E-state index contributed by atoms with van der Waals surface area (Å²) >= 11 is 1.39. The van der Waals surface area contributed by atoms with Crippen molar-refractivity contribution in [2.45, 2.75) is 12.8 Å². The number of thiophene rings is 1. The standard InChI is InChI=1S/C17H18N2O4S/c20-16(4-1-7-18-17(21)15-3-2-10-24-15)19-12-5-6-13-14(11-12)23-9-8-22-13/h2-3,5-6,10-11H,1,4,7-9H2,(H,18,21)(H,19,20). The molecule has 24 heavy (non-hydrogen) atoms. The van der Waals surface area contributed by atoms with Crippen LogP contribution in [-0.2, 0) is 4.79 Å². The van der Waals surface area contributed by atoms with Gasteiger partial charge in [0.05, 0.1) is 4.88 Å². The Balaban J connectivity index is 1.40. The molecule has 0 atom stereocenters. The third-order valence-corrected chi connectivity index (χ3v) is 4.31. The number of benzene rings is 1. The number of anilines is 1. The van der Waals surface area contributed by atoms with Crippen molar-refractivity contribution in [2.24, 2.45) is 0 Å². The minimum absolute atomic E-state index is 0.0998. The Morgan fingerprint density at radius 1 is 1.12 bits per heavy atom. The minimum Gasteiger partial charge on any atom is -0.486 e. The molecule has 1 aliphatic heterocycles. The first-order chi connectivity index (χ1) is 11.7. The maximum absolute atomic E-state index is 12.0. The van der Waals surface area contributed by atoms with Crippen LogP contribution < -0.4 is 20.1 Å². The fourth-order valence-electron chi connectivity index (χ4n) is 2.29. The van der Waals surface area contributed by atoms with Crippen molar-refractivity contribution in [1.29, 1.82) is 0 Å². The van der Waals surface area contributed by atoms with Crippen molar-refractivity contribution >= 4 is 28.8 Å². The summed E-state index contributed by atoms with van der Waals surface area (Å²) < 4.78 is 10.9. The zero-order chi connectivity index (χ0) is 16.8. The number of amides is 2. The highest BCUT2D eigenvalue weighted by Gasteiger charge is 2.13. The molecule has 0 radical (unpaired) electrons. The van der Waals surface area contributed by atoms with Crippen molar-refractivity contribution in [3.63, 3.8) is 0 Å². The molecule has 1 aromatic carbocycles. The predicted octanol–water partition coefficient (Wildman–Crippen LogP) is 2.67. The van der Waals surface area contributed by atoms with Crippen LogP contribution in [-0.4, -0.2) is 31.6 Å². The lowest BCUT2D eigenvalue weighted by molar-refractivity contribution is -0.116. The molecule has 0 fully saturated rings. The van der Waals surface area contributed by atoms with Gasteiger partial charge in [-0.25, -0.2) is 0 Å². The fourth-order valence-corrected chi connectivity index (χ4v) is 2.93. The summed E-state index contributed by atoms with van der Waals surface area (Å²) in [5.41, 5.74) is 0.673. The van der Waals surface area contributed by atoms with Crippen LogP contribution in [0.2, 0.25) is 0 Å². The van der Waals surface area contributed by atoms with Crippen molar-refractivity contribution in [3.05, 3.63) is 40.6 Å². The Morgan fingerprint density at radius 3 is 2.75 bits per heavy atom. The number of carbonyl (C=O) groups is 2. The highest BCUT2D eigenvalue weighted by molar-refractivity contribution is 7.12. The lowest BCUT2D eigenvalue weighted by atomic mass is 10.2. The van der Waals surface area contributed by atoms with Crippen LogP contribution in [0, 0.1) is 0 Å². The second-order valence-corrected chi connectivity index (χ2v) is 6.19. The Kier molecular flexibility index (Phi) is 5.32. The molecule has 6 nitrogen and oxygen atoms in total. The summed E-state index contributed by atoms with van der Waals surface area (Å²) in [6, 6.07) is 8.93. The number of rotatable bonds is 6. The molecule has 2 aromatic rings. The van der Waals surface area contributed by atoms with Gasteiger partial charge in [0.1, 0.15) is 13.2 Å². The normalized spacial score (nSPS) is 12.5. The first-order valence-electron chi connectivity index (χ1n) is 7.73. The van der Waals surface area contributed by atoms with Crippen LogP contribution in [0.3, 0.4) is 0 Å². The highest BCUT2D eigenvalue weighted by atomic mass is 32.1. The van der Waals surface area contributed by atoms with E-state index in [4.69, 9.17) is 9.47 Å². The fraction of sp³-hybridized carbons (Fsp3) is 0.294. The quantitative estimate of drug-likeness (QED) is 0.789. The van der Waals surface area contributed by atoms with Crippen molar-refractivity contribution in [3.8, 4) is 11.5 Å². The SMILES string of the molecule is O=C(CCCNC(=O)c1cccs1)Nc1ccc2c(c1)OCCO2. The van der Waals surface area contributed by atoms with E-state index in [1.165, 1.54) is 11.3 Å². The van der Waals surface area contributed by atoms with Crippen molar-refractivity contribution in [1.82, 2.24) is 5.32 Å². The number of hydrogen-bond acceptors (Lipinski definition) is 5. The van der Waals surface area contributed by atoms with Crippen LogP contribution in [0.15, 0.2) is 35.7 Å². The summed E-state index contributed by atoms with van der Waals surface area (Å²) in [6.45, 7) is 1.51. The molecule has 1 aliphatic rings. The lowest BCUT2D eigenvalue weighted by Gasteiger charge is -2.19. The largest absolute Gasteiger partial charge is 0.486 e. The average molecular weight is 346 g/mol. The van der Waals surface area contributed by atoms with Crippen LogP contribution >= 0.6 is 11.3 Å². The van der Waals surface area contributed by atoms with Gasteiger partial charge < -0.3 is 20.1 Å². The Labute approximate surface area is 143 Å². The van der Waals surface area contributed by atoms with E-state index in [9.17, 15) is 9.59 Å². The molecule has 2 amide bonds. The third-order valence-electron chi connectivity index (χ3n) is 3.44. The summed E-state index contributed by atoms with van der Waals surface area (Å²) in [7, 11) is 0. The maximum Gasteiger partial charge on any atom is 0.261 e. The van der Waals surface area contributed by atoms with E-state index in [1.54, 1.807) is 24.3 Å². The summed E-state index contributed by atoms with van der Waals surface area (Å²) in [5.74, 6) is 1.13. The summed E-state index contributed by atoms with van der Waals surface area (Å²) in [4.78, 5) is 24.4. The van der Waals surface area contributed by atoms with E-state index >= 15 is 0 Å². The van der Waals surface area contributed by atoms with E-state index in [2.05, 4.69) is 10.6 Å². The van der Waals surface area contributed by atoms with Gasteiger partial charge in [0.25, 0.3) is 5.91 Å². The maximum atomic E-state index is 12.0.